The Labute approximate surface area is 159 Å². The first kappa shape index (κ1) is 20.7. The molecule has 0 bridgehead atoms. The molecule has 0 aromatic heterocycles. The van der Waals surface area contributed by atoms with Gasteiger partial charge in [-0.1, -0.05) is 35.9 Å². The van der Waals surface area contributed by atoms with Crippen LogP contribution in [-0.2, 0) is 20.9 Å². The lowest BCUT2D eigenvalue weighted by atomic mass is 10.1. The SMILES string of the molecule is CC(OCCO)c1ccc(COC2=C(Cl)CON(C(C)(C)C)N=C2)cc1. The second-order valence-corrected chi connectivity index (χ2v) is 7.45. The van der Waals surface area contributed by atoms with E-state index in [9.17, 15) is 0 Å². The van der Waals surface area contributed by atoms with Gasteiger partial charge in [-0.05, 0) is 38.8 Å². The molecule has 1 aromatic rings. The van der Waals surface area contributed by atoms with Gasteiger partial charge in [0.25, 0.3) is 0 Å². The van der Waals surface area contributed by atoms with Crippen molar-refractivity contribution in [2.45, 2.75) is 45.9 Å². The molecule has 0 saturated heterocycles. The van der Waals surface area contributed by atoms with Crippen molar-refractivity contribution in [3.05, 3.63) is 46.2 Å². The lowest BCUT2D eigenvalue weighted by Crippen LogP contribution is -2.37. The number of rotatable bonds is 7. The summed E-state index contributed by atoms with van der Waals surface area (Å²) in [5.74, 6) is 0.502. The zero-order chi connectivity index (χ0) is 19.2. The van der Waals surface area contributed by atoms with Crippen LogP contribution in [-0.4, -0.2) is 41.9 Å². The molecule has 7 heteroatoms. The van der Waals surface area contributed by atoms with Crippen LogP contribution in [0.4, 0.5) is 0 Å². The highest BCUT2D eigenvalue weighted by Gasteiger charge is 2.23. The van der Waals surface area contributed by atoms with Crippen LogP contribution in [0.1, 0.15) is 44.9 Å². The smallest absolute Gasteiger partial charge is 0.156 e. The third kappa shape index (κ3) is 5.99. The number of ether oxygens (including phenoxy) is 2. The second-order valence-electron chi connectivity index (χ2n) is 7.00. The van der Waals surface area contributed by atoms with Crippen LogP contribution < -0.4 is 0 Å². The maximum absolute atomic E-state index is 8.82. The molecule has 1 heterocycles. The van der Waals surface area contributed by atoms with E-state index in [2.05, 4.69) is 5.10 Å². The van der Waals surface area contributed by atoms with E-state index in [1.54, 1.807) is 6.21 Å². The third-order valence-corrected chi connectivity index (χ3v) is 4.03. The number of aliphatic hydroxyl groups is 1. The van der Waals surface area contributed by atoms with Crippen molar-refractivity contribution in [2.75, 3.05) is 19.8 Å². The molecule has 2 rings (SSSR count). The number of hydrazone groups is 1. The van der Waals surface area contributed by atoms with Crippen LogP contribution in [0.15, 0.2) is 40.2 Å². The van der Waals surface area contributed by atoms with Gasteiger partial charge in [-0.3, -0.25) is 4.84 Å². The minimum absolute atomic E-state index is 0.0179. The van der Waals surface area contributed by atoms with E-state index in [0.29, 0.717) is 24.0 Å². The first-order chi connectivity index (χ1) is 12.3. The van der Waals surface area contributed by atoms with E-state index < -0.39 is 0 Å². The Morgan fingerprint density at radius 2 is 2.00 bits per heavy atom. The number of aliphatic hydroxyl groups excluding tert-OH is 1. The summed E-state index contributed by atoms with van der Waals surface area (Å²) in [4.78, 5) is 5.57. The number of hydroxylamine groups is 1. The molecule has 1 aliphatic rings. The van der Waals surface area contributed by atoms with Crippen LogP contribution in [0.3, 0.4) is 0 Å². The molecule has 1 atom stereocenters. The summed E-state index contributed by atoms with van der Waals surface area (Å²) in [6.45, 7) is 8.88. The van der Waals surface area contributed by atoms with Crippen LogP contribution in [0.5, 0.6) is 0 Å². The van der Waals surface area contributed by atoms with Gasteiger partial charge < -0.3 is 14.6 Å². The summed E-state index contributed by atoms with van der Waals surface area (Å²) < 4.78 is 11.3. The fraction of sp³-hybridized carbons (Fsp3) is 0.526. The lowest BCUT2D eigenvalue weighted by Gasteiger charge is -2.30. The van der Waals surface area contributed by atoms with Crippen molar-refractivity contribution in [2.24, 2.45) is 5.10 Å². The van der Waals surface area contributed by atoms with Gasteiger partial charge in [-0.15, -0.1) is 0 Å². The molecule has 0 amide bonds. The minimum atomic E-state index is -0.270. The van der Waals surface area contributed by atoms with Gasteiger partial charge in [0.15, 0.2) is 5.76 Å². The molecule has 6 nitrogen and oxygen atoms in total. The third-order valence-electron chi connectivity index (χ3n) is 3.74. The fourth-order valence-electron chi connectivity index (χ4n) is 2.25. The molecule has 1 aromatic carbocycles. The van der Waals surface area contributed by atoms with E-state index in [1.807, 2.05) is 52.0 Å². The number of allylic oxidation sites excluding steroid dienone is 1. The first-order valence-electron chi connectivity index (χ1n) is 8.61. The summed E-state index contributed by atoms with van der Waals surface area (Å²) in [6.07, 6.45) is 1.52. The molecule has 0 fully saturated rings. The van der Waals surface area contributed by atoms with Crippen molar-refractivity contribution in [1.82, 2.24) is 5.17 Å². The molecule has 0 aliphatic carbocycles. The Bertz CT molecular complexity index is 638. The predicted octanol–water partition coefficient (Wildman–Crippen LogP) is 3.76. The monoisotopic (exact) mass is 382 g/mol. The zero-order valence-electron chi connectivity index (χ0n) is 15.7. The molecule has 0 radical (unpaired) electrons. The molecular formula is C19H27ClN2O4. The average molecular weight is 383 g/mol. The predicted molar refractivity (Wildman–Crippen MR) is 102 cm³/mol. The lowest BCUT2D eigenvalue weighted by molar-refractivity contribution is -0.200. The maximum Gasteiger partial charge on any atom is 0.156 e. The highest BCUT2D eigenvalue weighted by molar-refractivity contribution is 6.31. The molecule has 0 spiro atoms. The summed E-state index contributed by atoms with van der Waals surface area (Å²) in [6, 6.07) is 7.94. The minimum Gasteiger partial charge on any atom is -0.486 e. The van der Waals surface area contributed by atoms with Crippen LogP contribution in [0, 0.1) is 0 Å². The van der Waals surface area contributed by atoms with Crippen LogP contribution in [0.25, 0.3) is 0 Å². The quantitative estimate of drug-likeness (QED) is 0.778. The Balaban J connectivity index is 1.95. The van der Waals surface area contributed by atoms with E-state index in [0.717, 1.165) is 11.1 Å². The Hall–Kier alpha value is -1.60. The van der Waals surface area contributed by atoms with Gasteiger partial charge in [0.05, 0.1) is 36.1 Å². The van der Waals surface area contributed by atoms with Gasteiger partial charge in [0, 0.05) is 0 Å². The normalized spacial score (nSPS) is 16.6. The van der Waals surface area contributed by atoms with Crippen LogP contribution >= 0.6 is 11.6 Å². The molecule has 26 heavy (non-hydrogen) atoms. The van der Waals surface area contributed by atoms with Gasteiger partial charge in [-0.25, -0.2) is 0 Å². The first-order valence-corrected chi connectivity index (χ1v) is 8.99. The second kappa shape index (κ2) is 9.37. The van der Waals surface area contributed by atoms with Crippen molar-refractivity contribution >= 4 is 17.8 Å². The van der Waals surface area contributed by atoms with Crippen molar-refractivity contribution in [3.8, 4) is 0 Å². The van der Waals surface area contributed by atoms with Gasteiger partial charge in [0.2, 0.25) is 0 Å². The number of benzene rings is 1. The fourth-order valence-corrected chi connectivity index (χ4v) is 2.40. The molecule has 0 saturated carbocycles. The van der Waals surface area contributed by atoms with Crippen molar-refractivity contribution < 1.29 is 19.4 Å². The molecular weight excluding hydrogens is 356 g/mol. The number of nitrogens with zero attached hydrogens (tertiary/aromatic N) is 2. The van der Waals surface area contributed by atoms with E-state index >= 15 is 0 Å². The molecule has 1 aliphatic heterocycles. The van der Waals surface area contributed by atoms with Crippen molar-refractivity contribution in [3.63, 3.8) is 0 Å². The zero-order valence-corrected chi connectivity index (χ0v) is 16.5. The molecule has 1 unspecified atom stereocenters. The summed E-state index contributed by atoms with van der Waals surface area (Å²) in [5, 5.41) is 15.1. The van der Waals surface area contributed by atoms with Gasteiger partial charge in [-0.2, -0.15) is 10.3 Å². The van der Waals surface area contributed by atoms with E-state index in [4.69, 9.17) is 31.0 Å². The Kier molecular flexibility index (Phi) is 7.46. The van der Waals surface area contributed by atoms with E-state index in [1.165, 1.54) is 5.17 Å². The standard InChI is InChI=1S/C19H27ClN2O4/c1-14(24-10-9-23)16-7-5-15(6-8-16)12-25-18-11-21-22(19(2,3)4)26-13-17(18)20/h5-8,11,14,23H,9-10,12-13H2,1-4H3. The highest BCUT2D eigenvalue weighted by atomic mass is 35.5. The Morgan fingerprint density at radius 3 is 2.62 bits per heavy atom. The summed E-state index contributed by atoms with van der Waals surface area (Å²) in [7, 11) is 0. The number of hydrogen-bond acceptors (Lipinski definition) is 6. The maximum atomic E-state index is 8.82. The number of hydrogen-bond donors (Lipinski definition) is 1. The Morgan fingerprint density at radius 1 is 1.31 bits per heavy atom. The summed E-state index contributed by atoms with van der Waals surface area (Å²) >= 11 is 6.26. The largest absolute Gasteiger partial charge is 0.486 e. The van der Waals surface area contributed by atoms with Crippen LogP contribution in [0.2, 0.25) is 0 Å². The summed E-state index contributed by atoms with van der Waals surface area (Å²) in [5.41, 5.74) is 1.78. The van der Waals surface area contributed by atoms with Crippen molar-refractivity contribution in [1.29, 1.82) is 0 Å². The average Bonchev–Trinajstić information content (AvgIpc) is 2.79. The van der Waals surface area contributed by atoms with E-state index in [-0.39, 0.29) is 24.9 Å². The topological polar surface area (TPSA) is 63.5 Å². The van der Waals surface area contributed by atoms with Gasteiger partial charge >= 0.3 is 0 Å². The van der Waals surface area contributed by atoms with Gasteiger partial charge in [0.1, 0.15) is 13.2 Å². The number of halogens is 1. The molecule has 1 N–H and O–H groups in total. The molecule has 144 valence electrons. The highest BCUT2D eigenvalue weighted by Crippen LogP contribution is 2.22.